The zero-order valence-electron chi connectivity index (χ0n) is 16.8. The van der Waals surface area contributed by atoms with Gasteiger partial charge in [-0.1, -0.05) is 29.3 Å². The van der Waals surface area contributed by atoms with Gasteiger partial charge in [0.2, 0.25) is 6.41 Å². The fourth-order valence-corrected chi connectivity index (χ4v) is 4.02. The number of carbonyl (C=O) groups is 3. The van der Waals surface area contributed by atoms with Gasteiger partial charge in [-0.25, -0.2) is 0 Å². The molecule has 2 aromatic carbocycles. The highest BCUT2D eigenvalue weighted by molar-refractivity contribution is 5.95. The second kappa shape index (κ2) is 9.37. The van der Waals surface area contributed by atoms with Crippen molar-refractivity contribution in [2.45, 2.75) is 45.3 Å². The second-order valence-electron chi connectivity index (χ2n) is 7.57. The van der Waals surface area contributed by atoms with Crippen LogP contribution in [-0.4, -0.2) is 42.4 Å². The van der Waals surface area contributed by atoms with Crippen LogP contribution >= 0.6 is 0 Å². The van der Waals surface area contributed by atoms with Crippen LogP contribution in [0.15, 0.2) is 42.5 Å². The molecule has 0 bridgehead atoms. The number of benzene rings is 2. The number of ether oxygens (including phenoxy) is 1. The minimum Gasteiger partial charge on any atom is -0.464 e. The Balaban J connectivity index is 1.82. The summed E-state index contributed by atoms with van der Waals surface area (Å²) < 4.78 is 5.21. The SMILES string of the molecule is Cc1cc(C)cc(C(=O)N2CC[C@H](OC=O)C[C@H]2Cc2ccc(NC=O)cc2)c1. The average Bonchev–Trinajstić information content (AvgIpc) is 2.69. The van der Waals surface area contributed by atoms with Gasteiger partial charge in [0.15, 0.2) is 0 Å². The number of aryl methyl sites for hydroxylation is 2. The smallest absolute Gasteiger partial charge is 0.293 e. The lowest BCUT2D eigenvalue weighted by Crippen LogP contribution is -2.49. The lowest BCUT2D eigenvalue weighted by atomic mass is 9.92. The van der Waals surface area contributed by atoms with Crippen molar-refractivity contribution in [2.24, 2.45) is 0 Å². The first-order valence-corrected chi connectivity index (χ1v) is 9.77. The van der Waals surface area contributed by atoms with Gasteiger partial charge in [0, 0.05) is 36.7 Å². The molecule has 0 saturated carbocycles. The van der Waals surface area contributed by atoms with Crippen molar-refractivity contribution in [3.8, 4) is 0 Å². The van der Waals surface area contributed by atoms with Crippen LogP contribution in [0.4, 0.5) is 5.69 Å². The average molecular weight is 394 g/mol. The second-order valence-corrected chi connectivity index (χ2v) is 7.57. The van der Waals surface area contributed by atoms with E-state index in [4.69, 9.17) is 4.74 Å². The number of nitrogens with one attached hydrogen (secondary N) is 1. The molecule has 1 fully saturated rings. The topological polar surface area (TPSA) is 75.7 Å². The van der Waals surface area contributed by atoms with Crippen LogP contribution in [0, 0.1) is 13.8 Å². The van der Waals surface area contributed by atoms with Gasteiger partial charge in [-0.2, -0.15) is 0 Å². The molecule has 1 heterocycles. The molecule has 0 aliphatic carbocycles. The molecule has 1 aliphatic heterocycles. The summed E-state index contributed by atoms with van der Waals surface area (Å²) in [6, 6.07) is 13.4. The fraction of sp³-hybridized carbons (Fsp3) is 0.348. The molecular formula is C23H26N2O4. The normalized spacial score (nSPS) is 18.8. The third-order valence-corrected chi connectivity index (χ3v) is 5.30. The van der Waals surface area contributed by atoms with E-state index in [1.807, 2.05) is 61.2 Å². The van der Waals surface area contributed by atoms with E-state index in [1.165, 1.54) is 0 Å². The Morgan fingerprint density at radius 1 is 1.14 bits per heavy atom. The molecular weight excluding hydrogens is 368 g/mol. The highest BCUT2D eigenvalue weighted by Gasteiger charge is 2.33. The summed E-state index contributed by atoms with van der Waals surface area (Å²) in [4.78, 5) is 36.6. The molecule has 2 atom stereocenters. The van der Waals surface area contributed by atoms with Crippen molar-refractivity contribution in [3.63, 3.8) is 0 Å². The van der Waals surface area contributed by atoms with E-state index >= 15 is 0 Å². The predicted molar refractivity (Wildman–Crippen MR) is 111 cm³/mol. The lowest BCUT2D eigenvalue weighted by Gasteiger charge is -2.39. The summed E-state index contributed by atoms with van der Waals surface area (Å²) in [6.07, 6.45) is 2.34. The minimum atomic E-state index is -0.184. The third kappa shape index (κ3) is 5.22. The van der Waals surface area contributed by atoms with Gasteiger partial charge in [0.1, 0.15) is 6.10 Å². The van der Waals surface area contributed by atoms with Gasteiger partial charge in [-0.15, -0.1) is 0 Å². The van der Waals surface area contributed by atoms with Gasteiger partial charge in [-0.05, 0) is 50.1 Å². The van der Waals surface area contributed by atoms with Gasteiger partial charge in [0.25, 0.3) is 12.4 Å². The maximum absolute atomic E-state index is 13.3. The van der Waals surface area contributed by atoms with Crippen molar-refractivity contribution in [3.05, 3.63) is 64.7 Å². The first-order chi connectivity index (χ1) is 14.0. The van der Waals surface area contributed by atoms with Crippen LogP contribution in [0.2, 0.25) is 0 Å². The standard InChI is InChI=1S/C23H26N2O4/c1-16-9-17(2)11-19(10-16)23(28)25-8-7-22(29-15-27)13-21(25)12-18-3-5-20(6-4-18)24-14-26/h3-6,9-11,14-15,21-22H,7-8,12-13H2,1-2H3,(H,24,26)/t21-,22+/m1/s1. The third-order valence-electron chi connectivity index (χ3n) is 5.30. The molecule has 0 aromatic heterocycles. The maximum Gasteiger partial charge on any atom is 0.293 e. The number of rotatable bonds is 7. The molecule has 0 spiro atoms. The molecule has 3 rings (SSSR count). The fourth-order valence-electron chi connectivity index (χ4n) is 4.02. The zero-order valence-corrected chi connectivity index (χ0v) is 16.8. The predicted octanol–water partition coefficient (Wildman–Crippen LogP) is 3.26. The van der Waals surface area contributed by atoms with E-state index in [2.05, 4.69) is 5.32 Å². The monoisotopic (exact) mass is 394 g/mol. The highest BCUT2D eigenvalue weighted by Crippen LogP contribution is 2.26. The Bertz CT molecular complexity index is 859. The number of likely N-dealkylation sites (tertiary alicyclic amines) is 1. The van der Waals surface area contributed by atoms with E-state index in [9.17, 15) is 14.4 Å². The molecule has 29 heavy (non-hydrogen) atoms. The number of hydrogen-bond donors (Lipinski definition) is 1. The Morgan fingerprint density at radius 3 is 2.45 bits per heavy atom. The van der Waals surface area contributed by atoms with Crippen LogP contribution in [-0.2, 0) is 20.7 Å². The van der Waals surface area contributed by atoms with Crippen LogP contribution in [0.1, 0.15) is 39.9 Å². The molecule has 2 amide bonds. The lowest BCUT2D eigenvalue weighted by molar-refractivity contribution is -0.136. The molecule has 1 aliphatic rings. The van der Waals surface area contributed by atoms with Crippen molar-refractivity contribution < 1.29 is 19.1 Å². The molecule has 0 unspecified atom stereocenters. The zero-order chi connectivity index (χ0) is 20.8. The molecule has 0 radical (unpaired) electrons. The molecule has 1 N–H and O–H groups in total. The number of hydrogen-bond acceptors (Lipinski definition) is 4. The molecule has 152 valence electrons. The highest BCUT2D eigenvalue weighted by atomic mass is 16.5. The van der Waals surface area contributed by atoms with Crippen molar-refractivity contribution >= 4 is 24.5 Å². The summed E-state index contributed by atoms with van der Waals surface area (Å²) >= 11 is 0. The first-order valence-electron chi connectivity index (χ1n) is 9.77. The van der Waals surface area contributed by atoms with Crippen LogP contribution in [0.3, 0.4) is 0 Å². The number of anilines is 1. The number of piperidine rings is 1. The van der Waals surface area contributed by atoms with Crippen LogP contribution < -0.4 is 5.32 Å². The summed E-state index contributed by atoms with van der Waals surface area (Å²) in [6.45, 7) is 5.00. The van der Waals surface area contributed by atoms with Gasteiger partial charge < -0.3 is 15.0 Å². The minimum absolute atomic E-state index is 0.00518. The molecule has 2 aromatic rings. The molecule has 1 saturated heterocycles. The maximum atomic E-state index is 13.3. The number of amides is 2. The van der Waals surface area contributed by atoms with Gasteiger partial charge in [0.05, 0.1) is 0 Å². The van der Waals surface area contributed by atoms with Gasteiger partial charge >= 0.3 is 0 Å². The largest absolute Gasteiger partial charge is 0.464 e. The Hall–Kier alpha value is -3.15. The number of carbonyl (C=O) groups excluding carboxylic acids is 3. The van der Waals surface area contributed by atoms with Crippen LogP contribution in [0.5, 0.6) is 0 Å². The first kappa shape index (κ1) is 20.6. The van der Waals surface area contributed by atoms with Crippen molar-refractivity contribution in [1.29, 1.82) is 0 Å². The van der Waals surface area contributed by atoms with Crippen LogP contribution in [0.25, 0.3) is 0 Å². The molecule has 6 heteroatoms. The summed E-state index contributed by atoms with van der Waals surface area (Å²) in [7, 11) is 0. The summed E-state index contributed by atoms with van der Waals surface area (Å²) in [5.74, 6) is 0.00518. The Morgan fingerprint density at radius 2 is 1.83 bits per heavy atom. The number of nitrogens with zero attached hydrogens (tertiary/aromatic N) is 1. The van der Waals surface area contributed by atoms with E-state index < -0.39 is 0 Å². The van der Waals surface area contributed by atoms with E-state index in [1.54, 1.807) is 0 Å². The van der Waals surface area contributed by atoms with E-state index in [0.29, 0.717) is 44.3 Å². The summed E-state index contributed by atoms with van der Waals surface area (Å²) in [5.41, 5.74) is 4.58. The quantitative estimate of drug-likeness (QED) is 0.732. The Kier molecular flexibility index (Phi) is 6.65. The summed E-state index contributed by atoms with van der Waals surface area (Å²) in [5, 5.41) is 2.62. The van der Waals surface area contributed by atoms with Gasteiger partial charge in [-0.3, -0.25) is 14.4 Å². The van der Waals surface area contributed by atoms with E-state index in [0.717, 1.165) is 22.4 Å². The van der Waals surface area contributed by atoms with Crippen molar-refractivity contribution in [1.82, 2.24) is 4.90 Å². The van der Waals surface area contributed by atoms with Crippen molar-refractivity contribution in [2.75, 3.05) is 11.9 Å². The van der Waals surface area contributed by atoms with E-state index in [-0.39, 0.29) is 18.1 Å². The molecule has 6 nitrogen and oxygen atoms in total. The Labute approximate surface area is 170 Å².